The van der Waals surface area contributed by atoms with Gasteiger partial charge in [-0.1, -0.05) is 37.5 Å². The molecule has 1 atom stereocenters. The number of hydrogen-bond acceptors (Lipinski definition) is 2. The lowest BCUT2D eigenvalue weighted by Gasteiger charge is -2.25. The fraction of sp³-hybridized carbons (Fsp3) is 0.588. The first-order chi connectivity index (χ1) is 10.3. The summed E-state index contributed by atoms with van der Waals surface area (Å²) in [5.41, 5.74) is 0. The quantitative estimate of drug-likeness (QED) is 0.647. The maximum atomic E-state index is 5.85. The Morgan fingerprint density at radius 1 is 1.24 bits per heavy atom. The number of rotatable bonds is 5. The largest absolute Gasteiger partial charge is 0.489 e. The number of nitrogens with one attached hydrogen (secondary N) is 2. The smallest absolute Gasteiger partial charge is 0.191 e. The van der Waals surface area contributed by atoms with Gasteiger partial charge in [0.05, 0.1) is 6.54 Å². The van der Waals surface area contributed by atoms with Gasteiger partial charge in [-0.3, -0.25) is 4.99 Å². The van der Waals surface area contributed by atoms with E-state index in [9.17, 15) is 0 Å². The number of hydrogen-bond donors (Lipinski definition) is 2. The van der Waals surface area contributed by atoms with E-state index in [0.717, 1.165) is 18.3 Å². The molecule has 1 aromatic rings. The van der Waals surface area contributed by atoms with Gasteiger partial charge in [0, 0.05) is 13.1 Å². The fourth-order valence-electron chi connectivity index (χ4n) is 2.65. The molecule has 2 rings (SSSR count). The average Bonchev–Trinajstić information content (AvgIpc) is 2.53. The maximum Gasteiger partial charge on any atom is 0.191 e. The van der Waals surface area contributed by atoms with Gasteiger partial charge in [0.2, 0.25) is 0 Å². The van der Waals surface area contributed by atoms with Crippen LogP contribution < -0.4 is 15.4 Å². The molecule has 0 heterocycles. The molecule has 4 heteroatoms. The van der Waals surface area contributed by atoms with E-state index >= 15 is 0 Å². The molecule has 1 aliphatic rings. The van der Waals surface area contributed by atoms with Crippen LogP contribution in [0.25, 0.3) is 0 Å². The third-order valence-corrected chi connectivity index (χ3v) is 3.81. The summed E-state index contributed by atoms with van der Waals surface area (Å²) >= 11 is 0. The first-order valence-electron chi connectivity index (χ1n) is 7.97. The van der Waals surface area contributed by atoms with E-state index in [1.165, 1.54) is 32.1 Å². The van der Waals surface area contributed by atoms with E-state index in [-0.39, 0.29) is 6.10 Å². The van der Waals surface area contributed by atoms with Gasteiger partial charge in [0.25, 0.3) is 0 Å². The molecule has 0 aromatic heterocycles. The van der Waals surface area contributed by atoms with Crippen molar-refractivity contribution < 1.29 is 4.74 Å². The molecule has 1 saturated carbocycles. The van der Waals surface area contributed by atoms with Crippen molar-refractivity contribution in [2.45, 2.75) is 51.2 Å². The fourth-order valence-corrected chi connectivity index (χ4v) is 2.65. The molecule has 1 fully saturated rings. The Morgan fingerprint density at radius 2 is 1.95 bits per heavy atom. The molecule has 116 valence electrons. The minimum absolute atomic E-state index is 0.0947. The van der Waals surface area contributed by atoms with Gasteiger partial charge in [-0.2, -0.15) is 0 Å². The van der Waals surface area contributed by atoms with E-state index in [0.29, 0.717) is 6.04 Å². The van der Waals surface area contributed by atoms with Crippen LogP contribution in [-0.4, -0.2) is 31.7 Å². The van der Waals surface area contributed by atoms with E-state index < -0.39 is 0 Å². The lowest BCUT2D eigenvalue weighted by atomic mass is 9.96. The van der Waals surface area contributed by atoms with Crippen molar-refractivity contribution in [2.75, 3.05) is 13.6 Å². The van der Waals surface area contributed by atoms with Gasteiger partial charge in [0.15, 0.2) is 5.96 Å². The molecule has 0 bridgehead atoms. The van der Waals surface area contributed by atoms with Crippen molar-refractivity contribution >= 4 is 5.96 Å². The zero-order valence-corrected chi connectivity index (χ0v) is 13.1. The van der Waals surface area contributed by atoms with Gasteiger partial charge in [-0.05, 0) is 31.9 Å². The minimum atomic E-state index is 0.0947. The number of guanidine groups is 1. The number of para-hydroxylation sites is 1. The van der Waals surface area contributed by atoms with Crippen LogP contribution in [-0.2, 0) is 0 Å². The summed E-state index contributed by atoms with van der Waals surface area (Å²) in [6.45, 7) is 2.80. The van der Waals surface area contributed by atoms with E-state index in [1.807, 2.05) is 37.4 Å². The second kappa shape index (κ2) is 8.55. The topological polar surface area (TPSA) is 45.7 Å². The molecule has 1 aliphatic carbocycles. The molecular formula is C17H27N3O. The molecule has 0 saturated heterocycles. The van der Waals surface area contributed by atoms with E-state index in [4.69, 9.17) is 4.74 Å². The van der Waals surface area contributed by atoms with E-state index in [1.54, 1.807) is 0 Å². The maximum absolute atomic E-state index is 5.85. The normalized spacial score (nSPS) is 18.1. The average molecular weight is 289 g/mol. The van der Waals surface area contributed by atoms with Crippen molar-refractivity contribution in [3.8, 4) is 5.75 Å². The summed E-state index contributed by atoms with van der Waals surface area (Å²) in [7, 11) is 1.82. The Hall–Kier alpha value is -1.71. The summed E-state index contributed by atoms with van der Waals surface area (Å²) in [6, 6.07) is 10.5. The third kappa shape index (κ3) is 5.66. The minimum Gasteiger partial charge on any atom is -0.489 e. The molecule has 1 unspecified atom stereocenters. The first kappa shape index (κ1) is 15.7. The monoisotopic (exact) mass is 289 g/mol. The highest BCUT2D eigenvalue weighted by atomic mass is 16.5. The predicted molar refractivity (Wildman–Crippen MR) is 87.9 cm³/mol. The van der Waals surface area contributed by atoms with Crippen LogP contribution in [0.5, 0.6) is 5.75 Å². The highest BCUT2D eigenvalue weighted by Crippen LogP contribution is 2.17. The Kier molecular flexibility index (Phi) is 6.38. The molecule has 21 heavy (non-hydrogen) atoms. The summed E-state index contributed by atoms with van der Waals surface area (Å²) < 4.78 is 5.85. The van der Waals surface area contributed by atoms with Crippen LogP contribution in [0.15, 0.2) is 35.3 Å². The summed E-state index contributed by atoms with van der Waals surface area (Å²) in [4.78, 5) is 4.30. The number of nitrogens with zero attached hydrogens (tertiary/aromatic N) is 1. The number of benzene rings is 1. The van der Waals surface area contributed by atoms with Crippen LogP contribution in [0.1, 0.15) is 39.0 Å². The molecule has 4 nitrogen and oxygen atoms in total. The SMILES string of the molecule is CN=C(NCC(C)Oc1ccccc1)NC1CCCCC1. The zero-order valence-electron chi connectivity index (χ0n) is 13.1. The second-order valence-electron chi connectivity index (χ2n) is 5.67. The highest BCUT2D eigenvalue weighted by molar-refractivity contribution is 5.79. The van der Waals surface area contributed by atoms with Crippen LogP contribution in [0, 0.1) is 0 Å². The molecule has 1 aromatic carbocycles. The van der Waals surface area contributed by atoms with E-state index in [2.05, 4.69) is 22.5 Å². The van der Waals surface area contributed by atoms with Crippen molar-refractivity contribution in [3.63, 3.8) is 0 Å². The van der Waals surface area contributed by atoms with Gasteiger partial charge in [0.1, 0.15) is 11.9 Å². The standard InChI is InChI=1S/C17H27N3O/c1-14(21-16-11-7-4-8-12-16)13-19-17(18-2)20-15-9-5-3-6-10-15/h4,7-8,11-12,14-15H,3,5-6,9-10,13H2,1-2H3,(H2,18,19,20). The first-order valence-corrected chi connectivity index (χ1v) is 7.97. The summed E-state index contributed by atoms with van der Waals surface area (Å²) in [5, 5.41) is 6.86. The van der Waals surface area contributed by atoms with Gasteiger partial charge in [-0.15, -0.1) is 0 Å². The van der Waals surface area contributed by atoms with Crippen LogP contribution in [0.3, 0.4) is 0 Å². The van der Waals surface area contributed by atoms with Gasteiger partial charge < -0.3 is 15.4 Å². The summed E-state index contributed by atoms with van der Waals surface area (Å²) in [6.07, 6.45) is 6.60. The third-order valence-electron chi connectivity index (χ3n) is 3.81. The lowest BCUT2D eigenvalue weighted by Crippen LogP contribution is -2.46. The highest BCUT2D eigenvalue weighted by Gasteiger charge is 2.14. The second-order valence-corrected chi connectivity index (χ2v) is 5.67. The zero-order chi connectivity index (χ0) is 14.9. The molecule has 2 N–H and O–H groups in total. The van der Waals surface area contributed by atoms with Crippen LogP contribution in [0.2, 0.25) is 0 Å². The number of aliphatic imine (C=N–C) groups is 1. The Balaban J connectivity index is 1.72. The Morgan fingerprint density at radius 3 is 2.62 bits per heavy atom. The van der Waals surface area contributed by atoms with Gasteiger partial charge >= 0.3 is 0 Å². The van der Waals surface area contributed by atoms with Crippen LogP contribution >= 0.6 is 0 Å². The molecular weight excluding hydrogens is 262 g/mol. The predicted octanol–water partition coefficient (Wildman–Crippen LogP) is 2.95. The molecule has 0 aliphatic heterocycles. The van der Waals surface area contributed by atoms with Crippen molar-refractivity contribution in [3.05, 3.63) is 30.3 Å². The molecule has 0 amide bonds. The Bertz CT molecular complexity index is 427. The van der Waals surface area contributed by atoms with Crippen molar-refractivity contribution in [1.82, 2.24) is 10.6 Å². The molecule has 0 radical (unpaired) electrons. The Labute approximate surface area is 128 Å². The van der Waals surface area contributed by atoms with Crippen LogP contribution in [0.4, 0.5) is 0 Å². The summed E-state index contributed by atoms with van der Waals surface area (Å²) in [5.74, 6) is 1.78. The van der Waals surface area contributed by atoms with Crippen molar-refractivity contribution in [1.29, 1.82) is 0 Å². The molecule has 0 spiro atoms. The van der Waals surface area contributed by atoms with Gasteiger partial charge in [-0.25, -0.2) is 0 Å². The lowest BCUT2D eigenvalue weighted by molar-refractivity contribution is 0.223. The number of ether oxygens (including phenoxy) is 1. The van der Waals surface area contributed by atoms with Crippen molar-refractivity contribution in [2.24, 2.45) is 4.99 Å².